The highest BCUT2D eigenvalue weighted by Crippen LogP contribution is 2.47. The van der Waals surface area contributed by atoms with Gasteiger partial charge < -0.3 is 10.4 Å². The van der Waals surface area contributed by atoms with Gasteiger partial charge in [0.15, 0.2) is 0 Å². The number of aliphatic hydroxyl groups excluding tert-OH is 1. The van der Waals surface area contributed by atoms with E-state index in [-0.39, 0.29) is 6.10 Å². The predicted molar refractivity (Wildman–Crippen MR) is 53.5 cm³/mol. The van der Waals surface area contributed by atoms with Crippen LogP contribution in [0.3, 0.4) is 0 Å². The number of likely N-dealkylation sites (N-methyl/N-ethyl adjacent to an activating group) is 1. The SMILES string of the molecule is CCN[C@@H]1CC[C@@H]2C[C@@H]2CC[C@H]1O. The highest BCUT2D eigenvalue weighted by atomic mass is 16.3. The van der Waals surface area contributed by atoms with E-state index in [0.717, 1.165) is 24.8 Å². The van der Waals surface area contributed by atoms with Crippen molar-refractivity contribution in [2.75, 3.05) is 6.54 Å². The van der Waals surface area contributed by atoms with Gasteiger partial charge in [-0.05, 0) is 50.5 Å². The smallest absolute Gasteiger partial charge is 0.0693 e. The molecule has 0 heterocycles. The third-order valence-electron chi connectivity index (χ3n) is 3.68. The monoisotopic (exact) mass is 183 g/mol. The van der Waals surface area contributed by atoms with Crippen LogP contribution in [0.4, 0.5) is 0 Å². The largest absolute Gasteiger partial charge is 0.392 e. The Morgan fingerprint density at radius 1 is 1.15 bits per heavy atom. The first-order chi connectivity index (χ1) is 6.31. The molecule has 0 unspecified atom stereocenters. The van der Waals surface area contributed by atoms with Gasteiger partial charge in [0, 0.05) is 6.04 Å². The second kappa shape index (κ2) is 3.97. The van der Waals surface area contributed by atoms with Crippen molar-refractivity contribution in [1.29, 1.82) is 0 Å². The number of fused-ring (bicyclic) bond motifs is 1. The Bertz CT molecular complexity index is 171. The average molecular weight is 183 g/mol. The third kappa shape index (κ3) is 2.23. The summed E-state index contributed by atoms with van der Waals surface area (Å²) in [5, 5.41) is 13.3. The summed E-state index contributed by atoms with van der Waals surface area (Å²) in [4.78, 5) is 0. The van der Waals surface area contributed by atoms with E-state index in [1.54, 1.807) is 0 Å². The summed E-state index contributed by atoms with van der Waals surface area (Å²) in [7, 11) is 0. The number of hydrogen-bond acceptors (Lipinski definition) is 2. The fraction of sp³-hybridized carbons (Fsp3) is 1.00. The molecule has 0 spiro atoms. The molecule has 0 aromatic heterocycles. The van der Waals surface area contributed by atoms with Crippen LogP contribution in [0.5, 0.6) is 0 Å². The molecule has 76 valence electrons. The summed E-state index contributed by atoms with van der Waals surface area (Å²) in [6.07, 6.45) is 6.12. The summed E-state index contributed by atoms with van der Waals surface area (Å²) in [6, 6.07) is 0.367. The Kier molecular flexibility index (Phi) is 2.89. The molecule has 2 N–H and O–H groups in total. The highest BCUT2D eigenvalue weighted by molar-refractivity contribution is 4.91. The first-order valence-electron chi connectivity index (χ1n) is 5.72. The van der Waals surface area contributed by atoms with E-state index in [4.69, 9.17) is 0 Å². The summed E-state index contributed by atoms with van der Waals surface area (Å²) in [5.41, 5.74) is 0. The Labute approximate surface area is 80.7 Å². The first kappa shape index (κ1) is 9.47. The number of hydrogen-bond donors (Lipinski definition) is 2. The van der Waals surface area contributed by atoms with Crippen molar-refractivity contribution in [2.45, 2.75) is 51.2 Å². The third-order valence-corrected chi connectivity index (χ3v) is 3.68. The van der Waals surface area contributed by atoms with Crippen LogP contribution in [0.2, 0.25) is 0 Å². The Balaban J connectivity index is 1.85. The molecular formula is C11H21NO. The van der Waals surface area contributed by atoms with E-state index in [2.05, 4.69) is 12.2 Å². The quantitative estimate of drug-likeness (QED) is 0.680. The van der Waals surface area contributed by atoms with Gasteiger partial charge in [0.25, 0.3) is 0 Å². The van der Waals surface area contributed by atoms with Gasteiger partial charge in [-0.1, -0.05) is 6.92 Å². The number of rotatable bonds is 2. The number of aliphatic hydroxyl groups is 1. The summed E-state index contributed by atoms with van der Waals surface area (Å²) < 4.78 is 0. The maximum Gasteiger partial charge on any atom is 0.0693 e. The van der Waals surface area contributed by atoms with E-state index in [9.17, 15) is 5.11 Å². The van der Waals surface area contributed by atoms with Crippen LogP contribution in [0, 0.1) is 11.8 Å². The van der Waals surface area contributed by atoms with Gasteiger partial charge in [-0.2, -0.15) is 0 Å². The van der Waals surface area contributed by atoms with E-state index >= 15 is 0 Å². The number of nitrogens with one attached hydrogen (secondary N) is 1. The lowest BCUT2D eigenvalue weighted by atomic mass is 9.94. The molecule has 2 rings (SSSR count). The Morgan fingerprint density at radius 3 is 2.54 bits per heavy atom. The fourth-order valence-electron chi connectivity index (χ4n) is 2.69. The van der Waals surface area contributed by atoms with Crippen molar-refractivity contribution in [2.24, 2.45) is 11.8 Å². The normalized spacial score (nSPS) is 44.8. The first-order valence-corrected chi connectivity index (χ1v) is 5.72. The van der Waals surface area contributed by atoms with Gasteiger partial charge in [0.05, 0.1) is 6.10 Å². The maximum atomic E-state index is 9.88. The predicted octanol–water partition coefficient (Wildman–Crippen LogP) is 1.54. The second-order valence-corrected chi connectivity index (χ2v) is 4.64. The highest BCUT2D eigenvalue weighted by Gasteiger charge is 2.39. The van der Waals surface area contributed by atoms with E-state index in [0.29, 0.717) is 6.04 Å². The Morgan fingerprint density at radius 2 is 1.85 bits per heavy atom. The molecule has 0 radical (unpaired) electrons. The lowest BCUT2D eigenvalue weighted by molar-refractivity contribution is 0.103. The minimum atomic E-state index is -0.0958. The topological polar surface area (TPSA) is 32.3 Å². The molecule has 2 aliphatic carbocycles. The summed E-state index contributed by atoms with van der Waals surface area (Å²) in [6.45, 7) is 3.10. The molecule has 2 nitrogen and oxygen atoms in total. The maximum absolute atomic E-state index is 9.88. The molecule has 0 aromatic rings. The van der Waals surface area contributed by atoms with Crippen LogP contribution < -0.4 is 5.32 Å². The minimum Gasteiger partial charge on any atom is -0.392 e. The van der Waals surface area contributed by atoms with E-state index < -0.39 is 0 Å². The van der Waals surface area contributed by atoms with Crippen molar-refractivity contribution in [3.05, 3.63) is 0 Å². The van der Waals surface area contributed by atoms with Gasteiger partial charge in [-0.25, -0.2) is 0 Å². The molecule has 0 saturated heterocycles. The van der Waals surface area contributed by atoms with Crippen LogP contribution in [-0.2, 0) is 0 Å². The Hall–Kier alpha value is -0.0800. The van der Waals surface area contributed by atoms with Crippen LogP contribution in [-0.4, -0.2) is 23.8 Å². The molecule has 0 aliphatic heterocycles. The summed E-state index contributed by atoms with van der Waals surface area (Å²) >= 11 is 0. The van der Waals surface area contributed by atoms with Gasteiger partial charge in [0.2, 0.25) is 0 Å². The van der Waals surface area contributed by atoms with Crippen LogP contribution in [0.15, 0.2) is 0 Å². The van der Waals surface area contributed by atoms with Gasteiger partial charge in [-0.3, -0.25) is 0 Å². The van der Waals surface area contributed by atoms with Gasteiger partial charge in [0.1, 0.15) is 0 Å². The molecule has 0 amide bonds. The van der Waals surface area contributed by atoms with Crippen LogP contribution in [0.25, 0.3) is 0 Å². The van der Waals surface area contributed by atoms with Crippen LogP contribution >= 0.6 is 0 Å². The van der Waals surface area contributed by atoms with Crippen molar-refractivity contribution in [1.82, 2.24) is 5.32 Å². The van der Waals surface area contributed by atoms with E-state index in [1.807, 2.05) is 0 Å². The summed E-state index contributed by atoms with van der Waals surface area (Å²) in [5.74, 6) is 1.98. The van der Waals surface area contributed by atoms with Crippen LogP contribution in [0.1, 0.15) is 39.0 Å². The molecule has 2 heteroatoms. The minimum absolute atomic E-state index is 0.0958. The van der Waals surface area contributed by atoms with Crippen molar-refractivity contribution < 1.29 is 5.11 Å². The molecule has 4 atom stereocenters. The zero-order valence-electron chi connectivity index (χ0n) is 8.50. The molecule has 0 aromatic carbocycles. The zero-order chi connectivity index (χ0) is 9.26. The standard InChI is InChI=1S/C11H21NO/c1-2-12-10-5-3-8-7-9(8)4-6-11(10)13/h8-13H,2-7H2,1H3/t8-,9+,10-,11-/m1/s1. The van der Waals surface area contributed by atoms with E-state index in [1.165, 1.54) is 25.7 Å². The molecular weight excluding hydrogens is 162 g/mol. The average Bonchev–Trinajstić information content (AvgIpc) is 2.84. The zero-order valence-corrected chi connectivity index (χ0v) is 8.50. The van der Waals surface area contributed by atoms with Crippen molar-refractivity contribution in [3.8, 4) is 0 Å². The molecule has 2 fully saturated rings. The lowest BCUT2D eigenvalue weighted by Crippen LogP contribution is -2.40. The second-order valence-electron chi connectivity index (χ2n) is 4.64. The molecule has 2 aliphatic rings. The van der Waals surface area contributed by atoms with Gasteiger partial charge >= 0.3 is 0 Å². The molecule has 13 heavy (non-hydrogen) atoms. The molecule has 0 bridgehead atoms. The fourth-order valence-corrected chi connectivity index (χ4v) is 2.69. The molecule has 2 saturated carbocycles. The van der Waals surface area contributed by atoms with Crippen molar-refractivity contribution >= 4 is 0 Å². The lowest BCUT2D eigenvalue weighted by Gasteiger charge is -2.25. The van der Waals surface area contributed by atoms with Gasteiger partial charge in [-0.15, -0.1) is 0 Å². The van der Waals surface area contributed by atoms with Crippen molar-refractivity contribution in [3.63, 3.8) is 0 Å².